The Morgan fingerprint density at radius 3 is 1.37 bits per heavy atom. The van der Waals surface area contributed by atoms with Crippen molar-refractivity contribution in [1.82, 2.24) is 0 Å². The van der Waals surface area contributed by atoms with E-state index in [4.69, 9.17) is 46.5 Å². The highest BCUT2D eigenvalue weighted by molar-refractivity contribution is 7.86. The van der Waals surface area contributed by atoms with Crippen molar-refractivity contribution in [2.45, 2.75) is 141 Å². The standard InChI is InChI=1S/C18H27BO5.C13H18O5S.C12H17BO3/c1-16(2)17(3,4)24-19(23-16)13-7-9-14(10-8-13)20-11-15-12-21-18(5,6)22-15;1-10-4-6-12(7-5-10)19(14,15)17-9-11-8-16-13(2,3)18-11;1-11(2)12(3,4)16-13(15-11)9-5-7-10(14)8-6-9/h7-10,15H,11-12H2,1-6H3;4-7,11H,8-9H2,1-3H3;5-8,14H,1-4H3/t15-;11-;/m10./s1. The molecule has 3 aromatic rings. The molecule has 0 amide bonds. The SMILES string of the molecule is CC1(C)OB(c2ccc(O)cc2)OC1(C)C.CC1(C)OC[C@@H](COc2ccc(B3OC(C)(C)C(C)(C)O3)cc2)O1.Cc1ccc(S(=O)(=O)OC[C@@H]2COC(C)(C)O2)cc1. The number of benzene rings is 3. The van der Waals surface area contributed by atoms with Crippen molar-refractivity contribution < 1.29 is 60.0 Å². The monoisotopic (exact) mass is 840 g/mol. The summed E-state index contributed by atoms with van der Waals surface area (Å²) in [5.74, 6) is -0.153. The Bertz CT molecular complexity index is 1920. The van der Waals surface area contributed by atoms with Gasteiger partial charge in [-0.05, 0) is 137 Å². The molecular weight excluding hydrogens is 778 g/mol. The molecule has 1 N–H and O–H groups in total. The lowest BCUT2D eigenvalue weighted by Gasteiger charge is -2.32. The minimum absolute atomic E-state index is 0.0391. The maximum atomic E-state index is 11.9. The molecule has 4 aliphatic rings. The molecule has 4 fully saturated rings. The number of aromatic hydroxyl groups is 1. The highest BCUT2D eigenvalue weighted by Gasteiger charge is 2.52. The topological polar surface area (TPSA) is 147 Å². The van der Waals surface area contributed by atoms with E-state index in [0.29, 0.717) is 19.8 Å². The third-order valence-electron chi connectivity index (χ3n) is 11.1. The van der Waals surface area contributed by atoms with Crippen molar-refractivity contribution in [1.29, 1.82) is 0 Å². The van der Waals surface area contributed by atoms with Gasteiger partial charge in [-0.25, -0.2) is 0 Å². The van der Waals surface area contributed by atoms with Crippen LogP contribution in [0.1, 0.15) is 88.6 Å². The van der Waals surface area contributed by atoms with E-state index in [2.05, 4.69) is 27.7 Å². The van der Waals surface area contributed by atoms with Crippen molar-refractivity contribution in [3.8, 4) is 11.5 Å². The molecule has 13 nitrogen and oxygen atoms in total. The van der Waals surface area contributed by atoms with E-state index in [1.165, 1.54) is 12.1 Å². The molecule has 7 rings (SSSR count). The van der Waals surface area contributed by atoms with Crippen LogP contribution in [0.15, 0.2) is 77.7 Å². The molecule has 4 heterocycles. The summed E-state index contributed by atoms with van der Waals surface area (Å²) >= 11 is 0. The smallest absolute Gasteiger partial charge is 0.494 e. The summed E-state index contributed by atoms with van der Waals surface area (Å²) in [6.07, 6.45) is -0.405. The molecule has 59 heavy (non-hydrogen) atoms. The minimum atomic E-state index is -3.74. The molecule has 16 heteroatoms. The molecule has 4 aliphatic heterocycles. The molecule has 0 bridgehead atoms. The molecular formula is C43H62B2O13S. The van der Waals surface area contributed by atoms with E-state index in [1.54, 1.807) is 38.1 Å². The first-order valence-electron chi connectivity index (χ1n) is 20.0. The second-order valence-corrected chi connectivity index (χ2v) is 19.7. The van der Waals surface area contributed by atoms with Crippen LogP contribution in [0.4, 0.5) is 0 Å². The molecule has 4 saturated heterocycles. The van der Waals surface area contributed by atoms with Crippen molar-refractivity contribution in [2.24, 2.45) is 0 Å². The molecule has 0 unspecified atom stereocenters. The van der Waals surface area contributed by atoms with E-state index >= 15 is 0 Å². The number of rotatable bonds is 9. The Morgan fingerprint density at radius 1 is 0.593 bits per heavy atom. The number of phenols is 1. The Balaban J connectivity index is 0.000000172. The van der Waals surface area contributed by atoms with Gasteiger partial charge in [-0.1, -0.05) is 42.0 Å². The van der Waals surface area contributed by atoms with E-state index in [1.807, 2.05) is 84.9 Å². The summed E-state index contributed by atoms with van der Waals surface area (Å²) in [4.78, 5) is 0.149. The first-order valence-corrected chi connectivity index (χ1v) is 21.4. The number of phenolic OH excluding ortho intramolecular Hbond substituents is 1. The Hall–Kier alpha value is -3.02. The Labute approximate surface area is 351 Å². The van der Waals surface area contributed by atoms with Crippen LogP contribution >= 0.6 is 0 Å². The average molecular weight is 841 g/mol. The van der Waals surface area contributed by atoms with Crippen molar-refractivity contribution in [3.05, 3.63) is 78.4 Å². The van der Waals surface area contributed by atoms with Crippen LogP contribution in [-0.2, 0) is 51.9 Å². The third-order valence-corrected chi connectivity index (χ3v) is 12.4. The van der Waals surface area contributed by atoms with Crippen LogP contribution in [-0.4, -0.2) is 100 Å². The summed E-state index contributed by atoms with van der Waals surface area (Å²) in [7, 11) is -4.44. The number of aryl methyl sites for hydroxylation is 1. The van der Waals surface area contributed by atoms with Crippen molar-refractivity contribution in [2.75, 3.05) is 26.4 Å². The van der Waals surface area contributed by atoms with Gasteiger partial charge in [0.25, 0.3) is 10.1 Å². The summed E-state index contributed by atoms with van der Waals surface area (Å²) < 4.78 is 80.7. The van der Waals surface area contributed by atoms with Gasteiger partial charge in [0.15, 0.2) is 11.6 Å². The highest BCUT2D eigenvalue weighted by atomic mass is 32.2. The maximum absolute atomic E-state index is 11.9. The van der Waals surface area contributed by atoms with E-state index in [-0.39, 0.29) is 66.1 Å². The molecule has 0 saturated carbocycles. The second kappa shape index (κ2) is 17.8. The average Bonchev–Trinajstić information content (AvgIpc) is 3.81. The molecule has 324 valence electrons. The number of ether oxygens (including phenoxy) is 5. The normalized spacial score (nSPS) is 24.5. The zero-order chi connectivity index (χ0) is 43.7. The molecule has 0 aromatic heterocycles. The van der Waals surface area contributed by atoms with Gasteiger partial charge in [-0.15, -0.1) is 0 Å². The first kappa shape index (κ1) is 47.0. The van der Waals surface area contributed by atoms with Crippen molar-refractivity contribution >= 4 is 35.3 Å². The van der Waals surface area contributed by atoms with E-state index in [0.717, 1.165) is 22.2 Å². The Morgan fingerprint density at radius 2 is 0.983 bits per heavy atom. The maximum Gasteiger partial charge on any atom is 0.494 e. The predicted molar refractivity (Wildman–Crippen MR) is 226 cm³/mol. The van der Waals surface area contributed by atoms with Gasteiger partial charge in [0, 0.05) is 0 Å². The lowest BCUT2D eigenvalue weighted by Crippen LogP contribution is -2.41. The molecule has 0 radical (unpaired) electrons. The summed E-state index contributed by atoms with van der Waals surface area (Å²) in [6.45, 7) is 26.9. The predicted octanol–water partition coefficient (Wildman–Crippen LogP) is 6.06. The van der Waals surface area contributed by atoms with Gasteiger partial charge < -0.3 is 47.4 Å². The Kier molecular flexibility index (Phi) is 14.2. The molecule has 3 aromatic carbocycles. The largest absolute Gasteiger partial charge is 0.508 e. The van der Waals surface area contributed by atoms with Gasteiger partial charge in [-0.3, -0.25) is 4.18 Å². The zero-order valence-electron chi connectivity index (χ0n) is 36.8. The molecule has 0 spiro atoms. The second-order valence-electron chi connectivity index (χ2n) is 18.1. The third kappa shape index (κ3) is 12.3. The van der Waals surface area contributed by atoms with Crippen LogP contribution in [0.2, 0.25) is 0 Å². The van der Waals surface area contributed by atoms with Crippen LogP contribution in [0, 0.1) is 6.92 Å². The quantitative estimate of drug-likeness (QED) is 0.197. The van der Waals surface area contributed by atoms with Gasteiger partial charge >= 0.3 is 14.2 Å². The zero-order valence-corrected chi connectivity index (χ0v) is 37.6. The van der Waals surface area contributed by atoms with Gasteiger partial charge in [-0.2, -0.15) is 8.42 Å². The highest BCUT2D eigenvalue weighted by Crippen LogP contribution is 2.37. The fraction of sp³-hybridized carbons (Fsp3) is 0.581. The minimum Gasteiger partial charge on any atom is -0.508 e. The number of hydrogen-bond acceptors (Lipinski definition) is 13. The fourth-order valence-corrected chi connectivity index (χ4v) is 7.07. The van der Waals surface area contributed by atoms with Crippen LogP contribution in [0.25, 0.3) is 0 Å². The van der Waals surface area contributed by atoms with E-state index in [9.17, 15) is 13.5 Å². The van der Waals surface area contributed by atoms with Crippen LogP contribution in [0.3, 0.4) is 0 Å². The summed E-state index contributed by atoms with van der Waals surface area (Å²) in [5.41, 5.74) is 1.59. The van der Waals surface area contributed by atoms with Crippen molar-refractivity contribution in [3.63, 3.8) is 0 Å². The van der Waals surface area contributed by atoms with E-state index < -0.39 is 21.7 Å². The van der Waals surface area contributed by atoms with Crippen LogP contribution in [0.5, 0.6) is 11.5 Å². The molecule has 2 atom stereocenters. The molecule has 0 aliphatic carbocycles. The number of hydrogen-bond donors (Lipinski definition) is 1. The fourth-order valence-electron chi connectivity index (χ4n) is 6.13. The first-order chi connectivity index (χ1) is 27.2. The summed E-state index contributed by atoms with van der Waals surface area (Å²) in [6, 6.07) is 21.3. The van der Waals surface area contributed by atoms with Gasteiger partial charge in [0.05, 0.1) is 47.1 Å². The van der Waals surface area contributed by atoms with Gasteiger partial charge in [0.1, 0.15) is 30.3 Å². The van der Waals surface area contributed by atoms with Crippen LogP contribution < -0.4 is 15.7 Å². The lowest BCUT2D eigenvalue weighted by atomic mass is 9.79. The lowest BCUT2D eigenvalue weighted by molar-refractivity contribution is -0.141. The van der Waals surface area contributed by atoms with Gasteiger partial charge in [0.2, 0.25) is 0 Å². The summed E-state index contributed by atoms with van der Waals surface area (Å²) in [5, 5.41) is 9.22.